The Morgan fingerprint density at radius 3 is 2.46 bits per heavy atom. The van der Waals surface area contributed by atoms with E-state index in [1.54, 1.807) is 0 Å². The second-order valence-corrected chi connectivity index (χ2v) is 8.17. The summed E-state index contributed by atoms with van der Waals surface area (Å²) in [7, 11) is 0. The number of aliphatic carboxylic acids is 1. The van der Waals surface area contributed by atoms with Gasteiger partial charge >= 0.3 is 5.97 Å². The summed E-state index contributed by atoms with van der Waals surface area (Å²) in [6.07, 6.45) is 12.7. The van der Waals surface area contributed by atoms with Gasteiger partial charge in [-0.1, -0.05) is 52.4 Å². The zero-order valence-corrected chi connectivity index (χ0v) is 16.9. The summed E-state index contributed by atoms with van der Waals surface area (Å²) in [4.78, 5) is 22.7. The van der Waals surface area contributed by atoms with Gasteiger partial charge in [0.25, 0.3) is 0 Å². The number of carbonyl (C=O) groups excluding carboxylic acids is 1. The molecule has 0 aromatic carbocycles. The molecule has 4 nitrogen and oxygen atoms in total. The number of unbranched alkanes of at least 4 members (excludes halogenated alkanes) is 4. The van der Waals surface area contributed by atoms with Crippen LogP contribution in [-0.4, -0.2) is 28.1 Å². The Morgan fingerprint density at radius 1 is 1.08 bits per heavy atom. The number of rotatable bonds is 15. The fraction of sp³-hybridized carbons (Fsp3) is 0.909. The summed E-state index contributed by atoms with van der Waals surface area (Å²) in [5, 5.41) is 19.2. The molecule has 2 N–H and O–H groups in total. The summed E-state index contributed by atoms with van der Waals surface area (Å²) >= 11 is 0. The summed E-state index contributed by atoms with van der Waals surface area (Å²) in [5.74, 6) is 0.712. The van der Waals surface area contributed by atoms with Gasteiger partial charge in [-0.15, -0.1) is 0 Å². The molecule has 152 valence electrons. The average molecular weight is 369 g/mol. The molecule has 0 aromatic heterocycles. The third kappa shape index (κ3) is 8.66. The molecule has 0 bridgehead atoms. The van der Waals surface area contributed by atoms with Crippen molar-refractivity contribution >= 4 is 11.8 Å². The van der Waals surface area contributed by atoms with Crippen LogP contribution < -0.4 is 0 Å². The summed E-state index contributed by atoms with van der Waals surface area (Å²) in [5.41, 5.74) is 0. The number of ketones is 1. The minimum atomic E-state index is -0.723. The summed E-state index contributed by atoms with van der Waals surface area (Å²) in [6.45, 7) is 4.35. The van der Waals surface area contributed by atoms with Crippen molar-refractivity contribution in [2.75, 3.05) is 0 Å². The molecule has 1 saturated carbocycles. The topological polar surface area (TPSA) is 74.6 Å². The minimum Gasteiger partial charge on any atom is -0.481 e. The number of aliphatic hydroxyl groups is 1. The molecule has 0 amide bonds. The second kappa shape index (κ2) is 13.3. The molecule has 1 aliphatic carbocycles. The largest absolute Gasteiger partial charge is 0.481 e. The lowest BCUT2D eigenvalue weighted by atomic mass is 9.83. The van der Waals surface area contributed by atoms with Crippen molar-refractivity contribution < 1.29 is 19.8 Å². The first-order valence-electron chi connectivity index (χ1n) is 10.9. The van der Waals surface area contributed by atoms with Gasteiger partial charge in [-0.25, -0.2) is 0 Å². The van der Waals surface area contributed by atoms with Gasteiger partial charge in [0.1, 0.15) is 5.78 Å². The Hall–Kier alpha value is -0.900. The molecule has 0 saturated heterocycles. The van der Waals surface area contributed by atoms with Gasteiger partial charge in [0.05, 0.1) is 6.10 Å². The number of aliphatic hydroxyl groups excluding tert-OH is 1. The molecule has 4 heteroatoms. The lowest BCUT2D eigenvalue weighted by Crippen LogP contribution is -2.22. The van der Waals surface area contributed by atoms with Gasteiger partial charge in [-0.2, -0.15) is 0 Å². The van der Waals surface area contributed by atoms with Crippen LogP contribution >= 0.6 is 0 Å². The van der Waals surface area contributed by atoms with E-state index < -0.39 is 5.97 Å². The number of Topliss-reactive ketones (excluding diaryl/α,β-unsaturated/α-hetero) is 1. The lowest BCUT2D eigenvalue weighted by molar-refractivity contribution is -0.137. The molecular weight excluding hydrogens is 328 g/mol. The minimum absolute atomic E-state index is 0.178. The SMILES string of the molecule is CCCCC(CC)C(O)CC[C@H]1CCC(=O)[C@@H]1CCCCCCC(=O)O. The number of hydrogen-bond acceptors (Lipinski definition) is 3. The van der Waals surface area contributed by atoms with Crippen LogP contribution in [0.4, 0.5) is 0 Å². The molecule has 0 aliphatic heterocycles. The van der Waals surface area contributed by atoms with E-state index in [-0.39, 0.29) is 18.4 Å². The molecule has 26 heavy (non-hydrogen) atoms. The Labute approximate surface area is 159 Å². The van der Waals surface area contributed by atoms with Crippen LogP contribution in [0.5, 0.6) is 0 Å². The third-order valence-corrected chi connectivity index (χ3v) is 6.23. The first-order valence-corrected chi connectivity index (χ1v) is 10.9. The molecule has 4 atom stereocenters. The Balaban J connectivity index is 2.31. The normalized spacial score (nSPS) is 22.5. The Kier molecular flexibility index (Phi) is 11.8. The van der Waals surface area contributed by atoms with Crippen molar-refractivity contribution in [2.45, 2.75) is 110 Å². The van der Waals surface area contributed by atoms with E-state index in [0.717, 1.165) is 64.2 Å². The first-order chi connectivity index (χ1) is 12.5. The summed E-state index contributed by atoms with van der Waals surface area (Å²) in [6, 6.07) is 0. The quantitative estimate of drug-likeness (QED) is 0.381. The predicted octanol–water partition coefficient (Wildman–Crippen LogP) is 5.36. The van der Waals surface area contributed by atoms with Gasteiger partial charge in [0, 0.05) is 18.8 Å². The first kappa shape index (κ1) is 23.1. The molecule has 0 aromatic rings. The third-order valence-electron chi connectivity index (χ3n) is 6.23. The predicted molar refractivity (Wildman–Crippen MR) is 105 cm³/mol. The monoisotopic (exact) mass is 368 g/mol. The number of carbonyl (C=O) groups is 2. The standard InChI is InChI=1S/C22H40O4/c1-3-5-10-17(4-2)20(23)15-13-18-14-16-21(24)19(18)11-8-6-7-9-12-22(25)26/h17-20,23H,3-16H2,1-2H3,(H,25,26)/t17?,18-,19+,20?/m0/s1. The molecule has 0 spiro atoms. The van der Waals surface area contributed by atoms with Crippen molar-refractivity contribution in [1.82, 2.24) is 0 Å². The van der Waals surface area contributed by atoms with E-state index in [1.165, 1.54) is 12.8 Å². The summed E-state index contributed by atoms with van der Waals surface area (Å²) < 4.78 is 0. The van der Waals surface area contributed by atoms with Crippen LogP contribution in [0.15, 0.2) is 0 Å². The van der Waals surface area contributed by atoms with E-state index in [0.29, 0.717) is 24.0 Å². The highest BCUT2D eigenvalue weighted by Gasteiger charge is 2.34. The Bertz CT molecular complexity index is 407. The van der Waals surface area contributed by atoms with Crippen LogP contribution in [0, 0.1) is 17.8 Å². The zero-order valence-electron chi connectivity index (χ0n) is 16.9. The highest BCUT2D eigenvalue weighted by atomic mass is 16.4. The van der Waals surface area contributed by atoms with Gasteiger partial charge < -0.3 is 10.2 Å². The molecule has 1 aliphatic rings. The van der Waals surface area contributed by atoms with Gasteiger partial charge in [-0.3, -0.25) is 9.59 Å². The maximum absolute atomic E-state index is 12.2. The van der Waals surface area contributed by atoms with Crippen LogP contribution in [0.2, 0.25) is 0 Å². The highest BCUT2D eigenvalue weighted by Crippen LogP contribution is 2.37. The number of hydrogen-bond donors (Lipinski definition) is 2. The highest BCUT2D eigenvalue weighted by molar-refractivity contribution is 5.83. The number of carboxylic acid groups (broad SMARTS) is 1. The van der Waals surface area contributed by atoms with Crippen LogP contribution in [-0.2, 0) is 9.59 Å². The second-order valence-electron chi connectivity index (χ2n) is 8.17. The van der Waals surface area contributed by atoms with Crippen LogP contribution in [0.1, 0.15) is 104 Å². The number of carboxylic acids is 1. The van der Waals surface area contributed by atoms with Crippen molar-refractivity contribution in [2.24, 2.45) is 17.8 Å². The van der Waals surface area contributed by atoms with Gasteiger partial charge in [0.2, 0.25) is 0 Å². The fourth-order valence-electron chi connectivity index (χ4n) is 4.47. The van der Waals surface area contributed by atoms with Gasteiger partial charge in [0.15, 0.2) is 0 Å². The van der Waals surface area contributed by atoms with Crippen molar-refractivity contribution in [1.29, 1.82) is 0 Å². The maximum Gasteiger partial charge on any atom is 0.303 e. The van der Waals surface area contributed by atoms with Crippen LogP contribution in [0.25, 0.3) is 0 Å². The van der Waals surface area contributed by atoms with E-state index >= 15 is 0 Å². The van der Waals surface area contributed by atoms with Crippen molar-refractivity contribution in [3.8, 4) is 0 Å². The van der Waals surface area contributed by atoms with Crippen molar-refractivity contribution in [3.63, 3.8) is 0 Å². The van der Waals surface area contributed by atoms with E-state index in [9.17, 15) is 14.7 Å². The molecule has 2 unspecified atom stereocenters. The van der Waals surface area contributed by atoms with E-state index in [2.05, 4.69) is 13.8 Å². The molecule has 1 fully saturated rings. The molecule has 0 heterocycles. The lowest BCUT2D eigenvalue weighted by Gasteiger charge is -2.24. The molecular formula is C22H40O4. The molecule has 1 rings (SSSR count). The fourth-order valence-corrected chi connectivity index (χ4v) is 4.47. The van der Waals surface area contributed by atoms with Crippen molar-refractivity contribution in [3.05, 3.63) is 0 Å². The zero-order chi connectivity index (χ0) is 19.4. The maximum atomic E-state index is 12.2. The average Bonchev–Trinajstić information content (AvgIpc) is 2.96. The molecule has 0 radical (unpaired) electrons. The van der Waals surface area contributed by atoms with Gasteiger partial charge in [-0.05, 0) is 50.4 Å². The Morgan fingerprint density at radius 2 is 1.81 bits per heavy atom. The van der Waals surface area contributed by atoms with E-state index in [4.69, 9.17) is 5.11 Å². The van der Waals surface area contributed by atoms with E-state index in [1.807, 2.05) is 0 Å². The van der Waals surface area contributed by atoms with Crippen LogP contribution in [0.3, 0.4) is 0 Å². The smallest absolute Gasteiger partial charge is 0.303 e.